The van der Waals surface area contributed by atoms with Gasteiger partial charge in [0.2, 0.25) is 11.8 Å². The molecule has 3 fully saturated rings. The van der Waals surface area contributed by atoms with Crippen LogP contribution in [-0.4, -0.2) is 109 Å². The first-order chi connectivity index (χ1) is 29.6. The highest BCUT2D eigenvalue weighted by atomic mass is 19.1. The van der Waals surface area contributed by atoms with Gasteiger partial charge in [0.1, 0.15) is 34.6 Å². The third-order valence-corrected chi connectivity index (χ3v) is 10.2. The van der Waals surface area contributed by atoms with Gasteiger partial charge < -0.3 is 24.3 Å². The van der Waals surface area contributed by atoms with E-state index in [4.69, 9.17) is 20.4 Å². The lowest BCUT2D eigenvalue weighted by Crippen LogP contribution is -2.54. The van der Waals surface area contributed by atoms with Crippen LogP contribution in [0.15, 0.2) is 47.3 Å². The van der Waals surface area contributed by atoms with E-state index in [0.717, 1.165) is 5.69 Å². The van der Waals surface area contributed by atoms with Gasteiger partial charge in [-0.15, -0.1) is 0 Å². The lowest BCUT2D eigenvalue weighted by Gasteiger charge is -2.40. The molecule has 1 unspecified atom stereocenters. The zero-order valence-electron chi connectivity index (χ0n) is 37.5. The first-order valence-electron chi connectivity index (χ1n) is 21.4. The number of benzene rings is 3. The molecule has 8 rings (SSSR count). The Morgan fingerprint density at radius 3 is 2.25 bits per heavy atom. The van der Waals surface area contributed by atoms with Crippen molar-refractivity contribution in [3.63, 3.8) is 0 Å². The molecule has 286 valence electrons. The molecule has 0 aliphatic carbocycles. The smallest absolute Gasteiger partial charge is 0.265 e. The minimum atomic E-state index is -3.65. The summed E-state index contributed by atoms with van der Waals surface area (Å²) in [6.45, 7) is -13.9. The number of carbonyl (C=O) groups excluding carboxylic acids is 4. The summed E-state index contributed by atoms with van der Waals surface area (Å²) in [5.41, 5.74) is -2.43. The number of hydrogen-bond donors (Lipinski definition) is 2. The van der Waals surface area contributed by atoms with Crippen molar-refractivity contribution in [3.8, 4) is 22.9 Å². The molecule has 0 spiro atoms. The maximum absolute atomic E-state index is 16.5. The van der Waals surface area contributed by atoms with Crippen molar-refractivity contribution in [1.29, 1.82) is 0 Å². The molecule has 0 radical (unpaired) electrons. The Hall–Kier alpha value is -5.90. The summed E-state index contributed by atoms with van der Waals surface area (Å²) >= 11 is 0. The van der Waals surface area contributed by atoms with Crippen molar-refractivity contribution in [3.05, 3.63) is 75.6 Å². The average Bonchev–Trinajstić information content (AvgIpc) is 3.50. The number of piperidine rings is 2. The van der Waals surface area contributed by atoms with Gasteiger partial charge in [-0.2, -0.15) is 0 Å². The molecule has 1 atom stereocenters. The fraction of sp³-hybridized carbons (Fsp3) is 0.385. The molecule has 55 heavy (non-hydrogen) atoms. The molecule has 3 saturated heterocycles. The highest BCUT2D eigenvalue weighted by Gasteiger charge is 2.48. The molecule has 1 aromatic heterocycles. The van der Waals surface area contributed by atoms with E-state index >= 15 is 8.78 Å². The Labute approximate surface area is 325 Å². The van der Waals surface area contributed by atoms with Crippen molar-refractivity contribution >= 4 is 45.9 Å². The number of fused-ring (bicyclic) bond motifs is 2. The Bertz CT molecular complexity index is 2640. The summed E-state index contributed by atoms with van der Waals surface area (Å²) in [6.07, 6.45) is 0.0297. The number of carbonyl (C=O) groups is 4. The van der Waals surface area contributed by atoms with Gasteiger partial charge in [0.05, 0.1) is 42.0 Å². The van der Waals surface area contributed by atoms with Gasteiger partial charge in [0.15, 0.2) is 5.82 Å². The number of amides is 4. The van der Waals surface area contributed by atoms with Gasteiger partial charge in [-0.3, -0.25) is 39.1 Å². The minimum Gasteiger partial charge on any atom is -0.497 e. The predicted molar refractivity (Wildman–Crippen MR) is 198 cm³/mol. The normalized spacial score (nSPS) is 25.5. The van der Waals surface area contributed by atoms with Gasteiger partial charge in [-0.25, -0.2) is 13.8 Å². The maximum Gasteiger partial charge on any atom is 0.265 e. The van der Waals surface area contributed by atoms with Crippen LogP contribution in [0.25, 0.3) is 22.3 Å². The Balaban J connectivity index is 1.01. The van der Waals surface area contributed by atoms with E-state index in [9.17, 15) is 24.0 Å². The van der Waals surface area contributed by atoms with Crippen LogP contribution in [0.4, 0.5) is 20.2 Å². The number of anilines is 2. The van der Waals surface area contributed by atoms with Gasteiger partial charge in [0.25, 0.3) is 17.4 Å². The van der Waals surface area contributed by atoms with Crippen molar-refractivity contribution in [2.24, 2.45) is 5.92 Å². The number of hydrogen-bond acceptors (Lipinski definition) is 11. The van der Waals surface area contributed by atoms with Crippen molar-refractivity contribution in [1.82, 2.24) is 25.1 Å². The second-order valence-electron chi connectivity index (χ2n) is 13.4. The second kappa shape index (κ2) is 14.4. The number of aromatic amines is 1. The number of piperazine rings is 1. The SMILES string of the molecule is [2H]C1([2H])N(CC2CCN(c3ccc(-c4nc5cc(OC)cc(OC)c5c(=O)[nH]4)cc3)CC2)C([2H])([2H])C([2H])([2H])N(c2cc(F)c3c(c2F)C(=O)N(C2CCC(=O)NC2=O)C3=O)C1([2H])[2H]. The third-order valence-electron chi connectivity index (χ3n) is 10.2. The largest absolute Gasteiger partial charge is 0.497 e. The summed E-state index contributed by atoms with van der Waals surface area (Å²) in [5, 5.41) is 2.20. The molecule has 4 aliphatic rings. The molecule has 0 bridgehead atoms. The van der Waals surface area contributed by atoms with E-state index in [-0.39, 0.29) is 34.1 Å². The molecule has 4 amide bonds. The van der Waals surface area contributed by atoms with E-state index in [0.29, 0.717) is 59.2 Å². The monoisotopic (exact) mass is 763 g/mol. The molecule has 3 aromatic carbocycles. The Morgan fingerprint density at radius 1 is 0.873 bits per heavy atom. The van der Waals surface area contributed by atoms with E-state index in [2.05, 4.69) is 9.97 Å². The fourth-order valence-corrected chi connectivity index (χ4v) is 7.31. The number of rotatable bonds is 8. The Morgan fingerprint density at radius 2 is 1.58 bits per heavy atom. The average molecular weight is 764 g/mol. The van der Waals surface area contributed by atoms with Crippen LogP contribution in [0, 0.1) is 17.6 Å². The molecule has 14 nitrogen and oxygen atoms in total. The van der Waals surface area contributed by atoms with Crippen molar-refractivity contribution < 1.29 is 48.4 Å². The van der Waals surface area contributed by atoms with Crippen LogP contribution in [0.3, 0.4) is 0 Å². The first-order valence-corrected chi connectivity index (χ1v) is 17.4. The van der Waals surface area contributed by atoms with Gasteiger partial charge in [-0.1, -0.05) is 0 Å². The maximum atomic E-state index is 16.5. The Kier molecular flexibility index (Phi) is 7.24. The number of aromatic nitrogens is 2. The third kappa shape index (κ3) is 6.53. The van der Waals surface area contributed by atoms with Crippen molar-refractivity contribution in [2.45, 2.75) is 31.7 Å². The standard InChI is InChI=1S/C39H39F2N7O7/c1-54-24-17-26-32(29(18-24)55-2)37(51)44-35(42-26)22-3-5-23(6-4-22)46-11-9-21(10-12-46)20-45-13-15-47(16-14-45)28-19-25(40)31-33(34(28)41)39(53)48(38(31)52)27-7-8-30(49)43-36(27)50/h3-6,17-19,21,27H,7-16,20H2,1-2H3,(H,42,44,51)(H,43,49,50)/i13D2,14D2,15D2,16D2. The fourth-order valence-electron chi connectivity index (χ4n) is 7.31. The van der Waals surface area contributed by atoms with Gasteiger partial charge in [-0.05, 0) is 49.4 Å². The summed E-state index contributed by atoms with van der Waals surface area (Å²) < 4.78 is 114. The predicted octanol–water partition coefficient (Wildman–Crippen LogP) is 3.33. The van der Waals surface area contributed by atoms with Crippen LogP contribution in [0.1, 0.15) is 57.4 Å². The van der Waals surface area contributed by atoms with Crippen LogP contribution in [0.2, 0.25) is 0 Å². The molecule has 16 heteroatoms. The minimum absolute atomic E-state index is 0.194. The highest BCUT2D eigenvalue weighted by molar-refractivity contribution is 6.24. The van der Waals surface area contributed by atoms with Gasteiger partial charge >= 0.3 is 0 Å². The second-order valence-corrected chi connectivity index (χ2v) is 13.4. The van der Waals surface area contributed by atoms with Crippen LogP contribution in [0.5, 0.6) is 11.5 Å². The number of imide groups is 2. The van der Waals surface area contributed by atoms with Crippen molar-refractivity contribution in [2.75, 3.05) is 69.6 Å². The number of ether oxygens (including phenoxy) is 2. The van der Waals surface area contributed by atoms with E-state index in [1.54, 1.807) is 24.3 Å². The van der Waals surface area contributed by atoms with E-state index < -0.39 is 102 Å². The van der Waals surface area contributed by atoms with E-state index in [1.165, 1.54) is 14.2 Å². The quantitative estimate of drug-likeness (QED) is 0.254. The van der Waals surface area contributed by atoms with Gasteiger partial charge in [0, 0.05) is 87.0 Å². The molecule has 0 saturated carbocycles. The molecular formula is C39H39F2N7O7. The molecule has 4 aromatic rings. The summed E-state index contributed by atoms with van der Waals surface area (Å²) in [4.78, 5) is 73.9. The van der Waals surface area contributed by atoms with Crippen LogP contribution < -0.4 is 30.1 Å². The number of H-pyrrole nitrogens is 1. The molecule has 5 heterocycles. The zero-order chi connectivity index (χ0) is 45.7. The number of methoxy groups -OCH3 is 2. The van der Waals surface area contributed by atoms with Crippen LogP contribution in [-0.2, 0) is 9.59 Å². The zero-order valence-corrected chi connectivity index (χ0v) is 29.5. The summed E-state index contributed by atoms with van der Waals surface area (Å²) in [6, 6.07) is 8.96. The summed E-state index contributed by atoms with van der Waals surface area (Å²) in [7, 11) is 2.92. The molecule has 2 N–H and O–H groups in total. The van der Waals surface area contributed by atoms with E-state index in [1.807, 2.05) is 22.3 Å². The number of halogens is 2. The topological polar surface area (TPSA) is 157 Å². The lowest BCUT2D eigenvalue weighted by atomic mass is 9.95. The summed E-state index contributed by atoms with van der Waals surface area (Å²) in [5.74, 6) is -7.63. The molecular weight excluding hydrogens is 716 g/mol. The van der Waals surface area contributed by atoms with Crippen LogP contribution >= 0.6 is 0 Å². The highest BCUT2D eigenvalue weighted by Crippen LogP contribution is 2.37. The molecule has 4 aliphatic heterocycles. The first kappa shape index (κ1) is 27.6. The number of nitrogens with one attached hydrogen (secondary N) is 2. The lowest BCUT2D eigenvalue weighted by molar-refractivity contribution is -0.136. The number of nitrogens with zero attached hydrogens (tertiary/aromatic N) is 5.